The summed E-state index contributed by atoms with van der Waals surface area (Å²) in [6.45, 7) is 2.16. The third-order valence-corrected chi connectivity index (χ3v) is 4.29. The van der Waals surface area contributed by atoms with Gasteiger partial charge in [0.15, 0.2) is 0 Å². The van der Waals surface area contributed by atoms with Crippen LogP contribution in [0.2, 0.25) is 0 Å². The molecule has 0 bridgehead atoms. The first kappa shape index (κ1) is 19.2. The van der Waals surface area contributed by atoms with Crippen LogP contribution in [0.15, 0.2) is 24.3 Å². The van der Waals surface area contributed by atoms with Crippen molar-refractivity contribution in [3.8, 4) is 0 Å². The fourth-order valence-corrected chi connectivity index (χ4v) is 2.85. The molecule has 0 aliphatic heterocycles. The van der Waals surface area contributed by atoms with Crippen LogP contribution in [-0.2, 0) is 26.0 Å². The quantitative estimate of drug-likeness (QED) is 0.287. The van der Waals surface area contributed by atoms with Crippen LogP contribution in [0.4, 0.5) is 4.79 Å². The summed E-state index contributed by atoms with van der Waals surface area (Å²) in [6.07, 6.45) is 8.17. The molecule has 0 radical (unpaired) electrons. The van der Waals surface area contributed by atoms with Gasteiger partial charge in [0.05, 0.1) is 10.6 Å². The SMILES string of the molecule is CCCCCc1ccc(C(=O)OOOC(=O)OC2CCCCC2)cc1. The minimum absolute atomic E-state index is 0.152. The summed E-state index contributed by atoms with van der Waals surface area (Å²) in [5.41, 5.74) is 1.49. The predicted octanol–water partition coefficient (Wildman–Crippen LogP) is 4.91. The van der Waals surface area contributed by atoms with Gasteiger partial charge in [-0.25, -0.2) is 14.5 Å². The van der Waals surface area contributed by atoms with Crippen molar-refractivity contribution in [3.05, 3.63) is 35.4 Å². The summed E-state index contributed by atoms with van der Waals surface area (Å²) in [7, 11) is 0. The van der Waals surface area contributed by atoms with E-state index in [1.54, 1.807) is 12.1 Å². The van der Waals surface area contributed by atoms with E-state index >= 15 is 0 Å². The zero-order valence-corrected chi connectivity index (χ0v) is 14.7. The van der Waals surface area contributed by atoms with Crippen LogP contribution < -0.4 is 0 Å². The van der Waals surface area contributed by atoms with Crippen LogP contribution >= 0.6 is 0 Å². The van der Waals surface area contributed by atoms with Gasteiger partial charge in [-0.3, -0.25) is 4.89 Å². The van der Waals surface area contributed by atoms with E-state index in [1.165, 1.54) is 18.4 Å². The average molecular weight is 350 g/mol. The molecule has 0 unspecified atom stereocenters. The van der Waals surface area contributed by atoms with Crippen molar-refractivity contribution in [2.45, 2.75) is 70.8 Å². The van der Waals surface area contributed by atoms with Crippen LogP contribution in [0.1, 0.15) is 74.2 Å². The molecule has 0 atom stereocenters. The zero-order valence-electron chi connectivity index (χ0n) is 14.7. The van der Waals surface area contributed by atoms with Crippen molar-refractivity contribution >= 4 is 12.1 Å². The highest BCUT2D eigenvalue weighted by Crippen LogP contribution is 2.20. The molecule has 0 aromatic heterocycles. The lowest BCUT2D eigenvalue weighted by Crippen LogP contribution is -2.22. The Morgan fingerprint density at radius 3 is 2.40 bits per heavy atom. The highest BCUT2D eigenvalue weighted by molar-refractivity contribution is 5.88. The Balaban J connectivity index is 1.66. The van der Waals surface area contributed by atoms with E-state index in [1.807, 2.05) is 12.1 Å². The largest absolute Gasteiger partial charge is 0.543 e. The Bertz CT molecular complexity index is 533. The Labute approximate surface area is 148 Å². The molecular formula is C19H26O6. The number of hydrogen-bond acceptors (Lipinski definition) is 6. The standard InChI is InChI=1S/C19H26O6/c1-2-3-5-8-15-11-13-16(14-12-15)18(20)23-25-24-19(21)22-17-9-6-4-7-10-17/h11-14,17H,2-10H2,1H3. The minimum Gasteiger partial charge on any atom is -0.429 e. The summed E-state index contributed by atoms with van der Waals surface area (Å²) < 4.78 is 5.06. The number of rotatable bonds is 8. The molecule has 0 N–H and O–H groups in total. The molecule has 1 aliphatic rings. The monoisotopic (exact) mass is 350 g/mol. The first-order chi connectivity index (χ1) is 12.2. The van der Waals surface area contributed by atoms with E-state index in [0.717, 1.165) is 44.9 Å². The topological polar surface area (TPSA) is 71.1 Å². The molecule has 1 aliphatic carbocycles. The molecular weight excluding hydrogens is 324 g/mol. The van der Waals surface area contributed by atoms with Gasteiger partial charge in [0.25, 0.3) is 0 Å². The number of hydrogen-bond donors (Lipinski definition) is 0. The molecule has 0 heterocycles. The van der Waals surface area contributed by atoms with Gasteiger partial charge in [-0.15, -0.1) is 0 Å². The molecule has 0 spiro atoms. The molecule has 1 aromatic carbocycles. The summed E-state index contributed by atoms with van der Waals surface area (Å²) >= 11 is 0. The van der Waals surface area contributed by atoms with E-state index in [2.05, 4.69) is 21.7 Å². The molecule has 6 heteroatoms. The summed E-state index contributed by atoms with van der Waals surface area (Å²) in [6, 6.07) is 7.08. The van der Waals surface area contributed by atoms with Crippen molar-refractivity contribution in [3.63, 3.8) is 0 Å². The minimum atomic E-state index is -0.994. The third-order valence-electron chi connectivity index (χ3n) is 4.29. The highest BCUT2D eigenvalue weighted by atomic mass is 17.5. The zero-order chi connectivity index (χ0) is 17.9. The van der Waals surface area contributed by atoms with Gasteiger partial charge in [0, 0.05) is 0 Å². The van der Waals surface area contributed by atoms with E-state index in [4.69, 9.17) is 4.74 Å². The number of unbranched alkanes of at least 4 members (excludes halogenated alkanes) is 2. The fourth-order valence-electron chi connectivity index (χ4n) is 2.85. The Hall–Kier alpha value is -2.08. The molecule has 1 aromatic rings. The Morgan fingerprint density at radius 1 is 1.00 bits per heavy atom. The van der Waals surface area contributed by atoms with E-state index in [0.29, 0.717) is 5.56 Å². The van der Waals surface area contributed by atoms with Crippen LogP contribution in [0.3, 0.4) is 0 Å². The second-order valence-corrected chi connectivity index (χ2v) is 6.30. The van der Waals surface area contributed by atoms with Crippen LogP contribution in [0, 0.1) is 0 Å². The van der Waals surface area contributed by atoms with Crippen molar-refractivity contribution in [1.82, 2.24) is 0 Å². The average Bonchev–Trinajstić information content (AvgIpc) is 2.63. The number of carbonyl (C=O) groups excluding carboxylic acids is 2. The van der Waals surface area contributed by atoms with Gasteiger partial charge < -0.3 is 4.74 Å². The van der Waals surface area contributed by atoms with E-state index in [9.17, 15) is 9.59 Å². The third kappa shape index (κ3) is 7.13. The molecule has 0 saturated heterocycles. The van der Waals surface area contributed by atoms with E-state index < -0.39 is 12.1 Å². The number of benzene rings is 1. The number of carbonyl (C=O) groups is 2. The molecule has 2 rings (SSSR count). The second-order valence-electron chi connectivity index (χ2n) is 6.30. The Morgan fingerprint density at radius 2 is 1.72 bits per heavy atom. The number of ether oxygens (including phenoxy) is 1. The molecule has 1 fully saturated rings. The lowest BCUT2D eigenvalue weighted by atomic mass is 9.98. The van der Waals surface area contributed by atoms with Crippen molar-refractivity contribution in [2.75, 3.05) is 0 Å². The van der Waals surface area contributed by atoms with Gasteiger partial charge in [0.1, 0.15) is 6.10 Å². The van der Waals surface area contributed by atoms with E-state index in [-0.39, 0.29) is 6.10 Å². The maximum atomic E-state index is 11.8. The maximum absolute atomic E-state index is 11.8. The van der Waals surface area contributed by atoms with Crippen molar-refractivity contribution < 1.29 is 29.1 Å². The molecule has 25 heavy (non-hydrogen) atoms. The second kappa shape index (κ2) is 10.7. The number of aryl methyl sites for hydroxylation is 1. The van der Waals surface area contributed by atoms with Gasteiger partial charge >= 0.3 is 12.1 Å². The summed E-state index contributed by atoms with van der Waals surface area (Å²) in [5, 5.41) is 4.24. The fraction of sp³-hybridized carbons (Fsp3) is 0.579. The van der Waals surface area contributed by atoms with Crippen molar-refractivity contribution in [1.29, 1.82) is 0 Å². The maximum Gasteiger partial charge on any atom is 0.543 e. The molecule has 6 nitrogen and oxygen atoms in total. The normalized spacial score (nSPS) is 14.8. The van der Waals surface area contributed by atoms with Gasteiger partial charge in [-0.2, -0.15) is 0 Å². The van der Waals surface area contributed by atoms with Gasteiger partial charge in [0.2, 0.25) is 0 Å². The lowest BCUT2D eigenvalue weighted by Gasteiger charge is -2.20. The van der Waals surface area contributed by atoms with Gasteiger partial charge in [-0.05, 0) is 56.2 Å². The lowest BCUT2D eigenvalue weighted by molar-refractivity contribution is -0.453. The first-order valence-electron chi connectivity index (χ1n) is 9.04. The summed E-state index contributed by atoms with van der Waals surface area (Å²) in [4.78, 5) is 32.0. The van der Waals surface area contributed by atoms with Crippen molar-refractivity contribution in [2.24, 2.45) is 0 Å². The molecule has 1 saturated carbocycles. The van der Waals surface area contributed by atoms with Crippen LogP contribution in [0.25, 0.3) is 0 Å². The summed E-state index contributed by atoms with van der Waals surface area (Å²) in [5.74, 6) is -0.731. The smallest absolute Gasteiger partial charge is 0.429 e. The Kier molecular flexibility index (Phi) is 8.25. The van der Waals surface area contributed by atoms with Crippen LogP contribution in [-0.4, -0.2) is 18.2 Å². The van der Waals surface area contributed by atoms with Gasteiger partial charge in [-0.1, -0.05) is 38.3 Å². The molecule has 138 valence electrons. The highest BCUT2D eigenvalue weighted by Gasteiger charge is 2.20. The molecule has 0 amide bonds. The first-order valence-corrected chi connectivity index (χ1v) is 9.04. The predicted molar refractivity (Wildman–Crippen MR) is 90.6 cm³/mol. The van der Waals surface area contributed by atoms with Crippen LogP contribution in [0.5, 0.6) is 0 Å².